The Morgan fingerprint density at radius 1 is 1.35 bits per heavy atom. The standard InChI is InChI=1S/C12H11FO4/c1-15-12(16-2)10(14)9-6-7-4-3-5-8(13)11(7)17-9/h3-6,12H,1-2H3. The molecule has 0 aliphatic heterocycles. The van der Waals surface area contributed by atoms with Crippen LogP contribution in [0.4, 0.5) is 4.39 Å². The number of Topliss-reactive ketones (excluding diaryl/α,β-unsaturated/α-hetero) is 1. The lowest BCUT2D eigenvalue weighted by Crippen LogP contribution is -2.24. The van der Waals surface area contributed by atoms with Crippen molar-refractivity contribution in [1.29, 1.82) is 0 Å². The van der Waals surface area contributed by atoms with Crippen molar-refractivity contribution in [2.45, 2.75) is 6.29 Å². The molecule has 1 heterocycles. The number of rotatable bonds is 4. The summed E-state index contributed by atoms with van der Waals surface area (Å²) in [5.74, 6) is -0.975. The van der Waals surface area contributed by atoms with E-state index in [9.17, 15) is 9.18 Å². The third kappa shape index (κ3) is 2.07. The van der Waals surface area contributed by atoms with E-state index < -0.39 is 17.9 Å². The van der Waals surface area contributed by atoms with Gasteiger partial charge >= 0.3 is 0 Å². The van der Waals surface area contributed by atoms with Gasteiger partial charge in [0.1, 0.15) is 0 Å². The van der Waals surface area contributed by atoms with E-state index in [0.29, 0.717) is 5.39 Å². The van der Waals surface area contributed by atoms with Crippen molar-refractivity contribution in [3.05, 3.63) is 35.8 Å². The van der Waals surface area contributed by atoms with Gasteiger partial charge in [-0.25, -0.2) is 4.39 Å². The number of para-hydroxylation sites is 1. The Labute approximate surface area is 96.9 Å². The number of fused-ring (bicyclic) bond motifs is 1. The molecule has 0 aliphatic carbocycles. The highest BCUT2D eigenvalue weighted by atomic mass is 19.1. The molecule has 0 saturated carbocycles. The smallest absolute Gasteiger partial charge is 0.253 e. The second kappa shape index (κ2) is 4.65. The van der Waals surface area contributed by atoms with Gasteiger partial charge < -0.3 is 13.9 Å². The lowest BCUT2D eigenvalue weighted by atomic mass is 10.2. The van der Waals surface area contributed by atoms with E-state index >= 15 is 0 Å². The zero-order chi connectivity index (χ0) is 12.4. The Morgan fingerprint density at radius 2 is 2.06 bits per heavy atom. The van der Waals surface area contributed by atoms with Crippen molar-refractivity contribution in [2.24, 2.45) is 0 Å². The highest BCUT2D eigenvalue weighted by Gasteiger charge is 2.23. The number of halogens is 1. The van der Waals surface area contributed by atoms with Crippen LogP contribution in [0.2, 0.25) is 0 Å². The van der Waals surface area contributed by atoms with E-state index in [2.05, 4.69) is 0 Å². The molecule has 0 saturated heterocycles. The number of ether oxygens (including phenoxy) is 2. The molecular weight excluding hydrogens is 227 g/mol. The molecule has 17 heavy (non-hydrogen) atoms. The molecule has 2 aromatic rings. The van der Waals surface area contributed by atoms with Crippen LogP contribution < -0.4 is 0 Å². The van der Waals surface area contributed by atoms with Crippen molar-refractivity contribution >= 4 is 16.8 Å². The molecule has 0 amide bonds. The Morgan fingerprint density at radius 3 is 2.65 bits per heavy atom. The Hall–Kier alpha value is -1.72. The minimum absolute atomic E-state index is 0.0128. The van der Waals surface area contributed by atoms with Crippen LogP contribution in [0.5, 0.6) is 0 Å². The topological polar surface area (TPSA) is 48.7 Å². The summed E-state index contributed by atoms with van der Waals surface area (Å²) in [5, 5.41) is 0.527. The molecule has 4 nitrogen and oxygen atoms in total. The van der Waals surface area contributed by atoms with Crippen molar-refractivity contribution < 1.29 is 23.1 Å². The molecule has 1 aromatic carbocycles. The molecule has 0 fully saturated rings. The van der Waals surface area contributed by atoms with Crippen LogP contribution in [-0.2, 0) is 9.47 Å². The maximum absolute atomic E-state index is 13.4. The molecule has 0 atom stereocenters. The predicted molar refractivity (Wildman–Crippen MR) is 58.3 cm³/mol. The average Bonchev–Trinajstić information content (AvgIpc) is 2.76. The SMILES string of the molecule is COC(OC)C(=O)c1cc2cccc(F)c2o1. The van der Waals surface area contributed by atoms with E-state index in [1.807, 2.05) is 0 Å². The molecule has 1 aromatic heterocycles. The van der Waals surface area contributed by atoms with Gasteiger partial charge in [-0.3, -0.25) is 4.79 Å². The van der Waals surface area contributed by atoms with Crippen molar-refractivity contribution in [1.82, 2.24) is 0 Å². The fourth-order valence-electron chi connectivity index (χ4n) is 1.58. The highest BCUT2D eigenvalue weighted by molar-refractivity contribution is 5.99. The summed E-state index contributed by atoms with van der Waals surface area (Å²) in [6, 6.07) is 5.94. The average molecular weight is 238 g/mol. The van der Waals surface area contributed by atoms with Gasteiger partial charge in [0.15, 0.2) is 17.2 Å². The summed E-state index contributed by atoms with van der Waals surface area (Å²) >= 11 is 0. The first-order valence-electron chi connectivity index (χ1n) is 4.95. The second-order valence-corrected chi connectivity index (χ2v) is 3.44. The first-order chi connectivity index (χ1) is 8.17. The van der Waals surface area contributed by atoms with Crippen molar-refractivity contribution in [3.8, 4) is 0 Å². The Balaban J connectivity index is 2.43. The Kier molecular flexibility index (Phi) is 3.21. The zero-order valence-corrected chi connectivity index (χ0v) is 9.40. The number of benzene rings is 1. The molecular formula is C12H11FO4. The van der Waals surface area contributed by atoms with Crippen LogP contribution in [0.15, 0.2) is 28.7 Å². The molecule has 0 spiro atoms. The van der Waals surface area contributed by atoms with Gasteiger partial charge in [0.25, 0.3) is 5.78 Å². The molecule has 2 rings (SSSR count). The van der Waals surface area contributed by atoms with Crippen LogP contribution in [0.25, 0.3) is 11.0 Å². The van der Waals surface area contributed by atoms with E-state index in [4.69, 9.17) is 13.9 Å². The normalized spacial score (nSPS) is 11.3. The molecule has 0 radical (unpaired) electrons. The fourth-order valence-corrected chi connectivity index (χ4v) is 1.58. The lowest BCUT2D eigenvalue weighted by Gasteiger charge is -2.09. The molecule has 0 N–H and O–H groups in total. The number of hydrogen-bond donors (Lipinski definition) is 0. The van der Waals surface area contributed by atoms with Gasteiger partial charge in [-0.15, -0.1) is 0 Å². The summed E-state index contributed by atoms with van der Waals surface area (Å²) in [6.45, 7) is 0. The number of hydrogen-bond acceptors (Lipinski definition) is 4. The van der Waals surface area contributed by atoms with Gasteiger partial charge in [-0.1, -0.05) is 12.1 Å². The number of carbonyl (C=O) groups is 1. The van der Waals surface area contributed by atoms with Crippen LogP contribution >= 0.6 is 0 Å². The highest BCUT2D eigenvalue weighted by Crippen LogP contribution is 2.23. The lowest BCUT2D eigenvalue weighted by molar-refractivity contribution is -0.0752. The molecule has 5 heteroatoms. The minimum atomic E-state index is -1.04. The first kappa shape index (κ1) is 11.8. The zero-order valence-electron chi connectivity index (χ0n) is 9.40. The maximum atomic E-state index is 13.4. The maximum Gasteiger partial charge on any atom is 0.253 e. The number of furan rings is 1. The van der Waals surface area contributed by atoms with Gasteiger partial charge in [0.2, 0.25) is 6.29 Å². The van der Waals surface area contributed by atoms with Gasteiger partial charge in [0.05, 0.1) is 0 Å². The van der Waals surface area contributed by atoms with E-state index in [0.717, 1.165) is 0 Å². The first-order valence-corrected chi connectivity index (χ1v) is 4.95. The van der Waals surface area contributed by atoms with Crippen LogP contribution in [-0.4, -0.2) is 26.3 Å². The largest absolute Gasteiger partial charge is 0.450 e. The third-order valence-corrected chi connectivity index (χ3v) is 2.38. The van der Waals surface area contributed by atoms with Gasteiger partial charge in [-0.2, -0.15) is 0 Å². The number of methoxy groups -OCH3 is 2. The molecule has 0 bridgehead atoms. The van der Waals surface area contributed by atoms with Gasteiger partial charge in [0, 0.05) is 19.6 Å². The van der Waals surface area contributed by atoms with Crippen molar-refractivity contribution in [2.75, 3.05) is 14.2 Å². The summed E-state index contributed by atoms with van der Waals surface area (Å²) in [5.41, 5.74) is 0.0572. The monoisotopic (exact) mass is 238 g/mol. The minimum Gasteiger partial charge on any atom is -0.450 e. The van der Waals surface area contributed by atoms with Crippen LogP contribution in [0.3, 0.4) is 0 Å². The predicted octanol–water partition coefficient (Wildman–Crippen LogP) is 2.37. The van der Waals surface area contributed by atoms with E-state index in [1.165, 1.54) is 26.4 Å². The summed E-state index contributed by atoms with van der Waals surface area (Å²) in [4.78, 5) is 11.8. The second-order valence-electron chi connectivity index (χ2n) is 3.44. The van der Waals surface area contributed by atoms with Crippen LogP contribution in [0.1, 0.15) is 10.6 Å². The Bertz CT molecular complexity index is 542. The number of carbonyl (C=O) groups excluding carboxylic acids is 1. The van der Waals surface area contributed by atoms with E-state index in [1.54, 1.807) is 12.1 Å². The quantitative estimate of drug-likeness (QED) is 0.606. The summed E-state index contributed by atoms with van der Waals surface area (Å²) in [7, 11) is 2.69. The molecule has 0 aliphatic rings. The number of ketones is 1. The van der Waals surface area contributed by atoms with Crippen molar-refractivity contribution in [3.63, 3.8) is 0 Å². The fraction of sp³-hybridized carbons (Fsp3) is 0.250. The molecule has 90 valence electrons. The van der Waals surface area contributed by atoms with Gasteiger partial charge in [-0.05, 0) is 12.1 Å². The summed E-state index contributed by atoms with van der Waals surface area (Å²) in [6.07, 6.45) is -1.04. The van der Waals surface area contributed by atoms with Crippen LogP contribution in [0, 0.1) is 5.82 Å². The molecule has 0 unspecified atom stereocenters. The summed E-state index contributed by atoms with van der Waals surface area (Å²) < 4.78 is 28.2. The van der Waals surface area contributed by atoms with E-state index in [-0.39, 0.29) is 11.3 Å². The third-order valence-electron chi connectivity index (χ3n) is 2.38.